The summed E-state index contributed by atoms with van der Waals surface area (Å²) in [4.78, 5) is 15.0. The van der Waals surface area contributed by atoms with Crippen LogP contribution in [0.15, 0.2) is 0 Å². The Balaban J connectivity index is 2.10. The average Bonchev–Trinajstić information content (AvgIpc) is 2.84. The zero-order valence-electron chi connectivity index (χ0n) is 12.7. The van der Waals surface area contributed by atoms with Crippen molar-refractivity contribution < 1.29 is 9.53 Å². The van der Waals surface area contributed by atoms with Gasteiger partial charge in [-0.3, -0.25) is 9.69 Å². The summed E-state index contributed by atoms with van der Waals surface area (Å²) >= 11 is 1.97. The third-order valence-corrected chi connectivity index (χ3v) is 6.36. The van der Waals surface area contributed by atoms with E-state index in [0.29, 0.717) is 5.78 Å². The van der Waals surface area contributed by atoms with Gasteiger partial charge in [0.05, 0.1) is 11.1 Å². The van der Waals surface area contributed by atoms with Crippen molar-refractivity contribution in [2.24, 2.45) is 5.92 Å². The van der Waals surface area contributed by atoms with Crippen LogP contribution in [0.2, 0.25) is 0 Å². The van der Waals surface area contributed by atoms with Gasteiger partial charge in [0.25, 0.3) is 0 Å². The number of likely N-dealkylation sites (N-methyl/N-ethyl adjacent to an activating group) is 1. The van der Waals surface area contributed by atoms with E-state index in [-0.39, 0.29) is 17.1 Å². The molecule has 2 saturated heterocycles. The molecule has 0 aromatic carbocycles. The predicted octanol–water partition coefficient (Wildman–Crippen LogP) is 2.59. The molecule has 2 aliphatic rings. The second-order valence-corrected chi connectivity index (χ2v) is 7.52. The number of nitrogens with zero attached hydrogens (tertiary/aromatic N) is 1. The zero-order valence-corrected chi connectivity index (χ0v) is 13.5. The lowest BCUT2D eigenvalue weighted by Gasteiger charge is -2.42. The smallest absolute Gasteiger partial charge is 0.156 e. The number of carbonyl (C=O) groups is 1. The number of Topliss-reactive ketones (excluding diaryl/α,β-unsaturated/α-hetero) is 1. The highest BCUT2D eigenvalue weighted by Crippen LogP contribution is 2.42. The van der Waals surface area contributed by atoms with Crippen LogP contribution in [0.4, 0.5) is 0 Å². The van der Waals surface area contributed by atoms with E-state index in [9.17, 15) is 4.79 Å². The van der Waals surface area contributed by atoms with Crippen LogP contribution >= 0.6 is 11.8 Å². The Bertz CT molecular complexity index is 339. The van der Waals surface area contributed by atoms with Gasteiger partial charge in [-0.2, -0.15) is 11.8 Å². The maximum absolute atomic E-state index is 12.9. The van der Waals surface area contributed by atoms with Gasteiger partial charge in [0.2, 0.25) is 0 Å². The van der Waals surface area contributed by atoms with E-state index in [4.69, 9.17) is 4.74 Å². The Morgan fingerprint density at radius 3 is 2.79 bits per heavy atom. The van der Waals surface area contributed by atoms with Crippen LogP contribution in [0.5, 0.6) is 0 Å². The fourth-order valence-corrected chi connectivity index (χ4v) is 4.64. The van der Waals surface area contributed by atoms with E-state index in [1.807, 2.05) is 25.9 Å². The van der Waals surface area contributed by atoms with E-state index >= 15 is 0 Å². The van der Waals surface area contributed by atoms with E-state index in [1.165, 1.54) is 5.75 Å². The minimum Gasteiger partial charge on any atom is -0.374 e. The molecule has 0 N–H and O–H groups in total. The number of ether oxygens (including phenoxy) is 1. The van der Waals surface area contributed by atoms with Crippen LogP contribution in [0.1, 0.15) is 39.5 Å². The first-order valence-corrected chi connectivity index (χ1v) is 8.52. The standard InChI is InChI=1S/C15H27NO2S/c1-5-14(2,16(3)4)13(17)12-6-8-18-15(10-12)7-9-19-11-15/h12H,5-11H2,1-4H3. The molecule has 0 aromatic heterocycles. The lowest BCUT2D eigenvalue weighted by Crippen LogP contribution is -2.53. The molecule has 3 atom stereocenters. The summed E-state index contributed by atoms with van der Waals surface area (Å²) in [6, 6.07) is 0. The second-order valence-electron chi connectivity index (χ2n) is 6.41. The van der Waals surface area contributed by atoms with Crippen molar-refractivity contribution in [1.29, 1.82) is 0 Å². The molecule has 1 spiro atoms. The predicted molar refractivity (Wildman–Crippen MR) is 80.7 cm³/mol. The largest absolute Gasteiger partial charge is 0.374 e. The van der Waals surface area contributed by atoms with Crippen molar-refractivity contribution in [3.63, 3.8) is 0 Å². The molecule has 2 aliphatic heterocycles. The Morgan fingerprint density at radius 2 is 2.26 bits per heavy atom. The number of rotatable bonds is 4. The van der Waals surface area contributed by atoms with Gasteiger partial charge in [0, 0.05) is 18.3 Å². The molecule has 4 heteroatoms. The SMILES string of the molecule is CCC(C)(C(=O)C1CCOC2(CCSC2)C1)N(C)C. The third kappa shape index (κ3) is 2.86. The van der Waals surface area contributed by atoms with Gasteiger partial charge in [-0.1, -0.05) is 6.92 Å². The molecule has 3 unspecified atom stereocenters. The topological polar surface area (TPSA) is 29.5 Å². The van der Waals surface area contributed by atoms with Crippen LogP contribution in [-0.2, 0) is 9.53 Å². The van der Waals surface area contributed by atoms with Crippen molar-refractivity contribution in [3.8, 4) is 0 Å². The van der Waals surface area contributed by atoms with E-state index in [2.05, 4.69) is 18.7 Å². The first kappa shape index (κ1) is 15.3. The molecule has 0 aliphatic carbocycles. The number of ketones is 1. The Labute approximate surface area is 121 Å². The monoisotopic (exact) mass is 285 g/mol. The van der Waals surface area contributed by atoms with Crippen LogP contribution in [0, 0.1) is 5.92 Å². The van der Waals surface area contributed by atoms with Crippen LogP contribution in [0.25, 0.3) is 0 Å². The van der Waals surface area contributed by atoms with Gasteiger partial charge < -0.3 is 4.74 Å². The highest BCUT2D eigenvalue weighted by Gasteiger charge is 2.46. The van der Waals surface area contributed by atoms with Crippen molar-refractivity contribution in [2.45, 2.75) is 50.7 Å². The fraction of sp³-hybridized carbons (Fsp3) is 0.933. The summed E-state index contributed by atoms with van der Waals surface area (Å²) < 4.78 is 6.03. The second kappa shape index (κ2) is 5.74. The van der Waals surface area contributed by atoms with Crippen molar-refractivity contribution >= 4 is 17.5 Å². The molecule has 0 radical (unpaired) electrons. The molecular formula is C15H27NO2S. The number of carbonyl (C=O) groups excluding carboxylic acids is 1. The quantitative estimate of drug-likeness (QED) is 0.794. The molecule has 2 fully saturated rings. The Morgan fingerprint density at radius 1 is 1.53 bits per heavy atom. The van der Waals surface area contributed by atoms with Crippen molar-refractivity contribution in [1.82, 2.24) is 4.90 Å². The summed E-state index contributed by atoms with van der Waals surface area (Å²) in [6.07, 6.45) is 3.82. The summed E-state index contributed by atoms with van der Waals surface area (Å²) in [7, 11) is 4.03. The highest BCUT2D eigenvalue weighted by molar-refractivity contribution is 7.99. The molecule has 0 bridgehead atoms. The van der Waals surface area contributed by atoms with E-state index in [0.717, 1.165) is 38.0 Å². The number of hydrogen-bond acceptors (Lipinski definition) is 4. The van der Waals surface area contributed by atoms with Crippen LogP contribution in [0.3, 0.4) is 0 Å². The lowest BCUT2D eigenvalue weighted by molar-refractivity contribution is -0.143. The Kier molecular flexibility index (Phi) is 4.63. The van der Waals surface area contributed by atoms with Gasteiger partial charge in [0.15, 0.2) is 5.78 Å². The maximum Gasteiger partial charge on any atom is 0.156 e. The van der Waals surface area contributed by atoms with Crippen molar-refractivity contribution in [3.05, 3.63) is 0 Å². The average molecular weight is 285 g/mol. The molecular weight excluding hydrogens is 258 g/mol. The lowest BCUT2D eigenvalue weighted by atomic mass is 9.76. The maximum atomic E-state index is 12.9. The van der Waals surface area contributed by atoms with Crippen molar-refractivity contribution in [2.75, 3.05) is 32.2 Å². The van der Waals surface area contributed by atoms with Gasteiger partial charge in [-0.05, 0) is 52.5 Å². The Hall–Kier alpha value is -0.0600. The third-order valence-electron chi connectivity index (χ3n) is 5.14. The molecule has 0 saturated carbocycles. The fourth-order valence-electron chi connectivity index (χ4n) is 3.27. The molecule has 3 nitrogen and oxygen atoms in total. The molecule has 110 valence electrons. The summed E-state index contributed by atoms with van der Waals surface area (Å²) in [5.74, 6) is 2.85. The molecule has 2 rings (SSSR count). The first-order chi connectivity index (χ1) is 8.93. The van der Waals surface area contributed by atoms with E-state index < -0.39 is 0 Å². The van der Waals surface area contributed by atoms with Gasteiger partial charge in [-0.15, -0.1) is 0 Å². The minimum absolute atomic E-state index is 0.00417. The van der Waals surface area contributed by atoms with Gasteiger partial charge in [-0.25, -0.2) is 0 Å². The normalized spacial score (nSPS) is 34.7. The highest BCUT2D eigenvalue weighted by atomic mass is 32.2. The number of thioether (sulfide) groups is 1. The molecule has 0 amide bonds. The summed E-state index contributed by atoms with van der Waals surface area (Å²) in [5, 5.41) is 0. The molecule has 2 heterocycles. The van der Waals surface area contributed by atoms with Gasteiger partial charge >= 0.3 is 0 Å². The zero-order chi connectivity index (χ0) is 14.1. The van der Waals surface area contributed by atoms with Crippen LogP contribution < -0.4 is 0 Å². The molecule has 19 heavy (non-hydrogen) atoms. The number of hydrogen-bond donors (Lipinski definition) is 0. The first-order valence-electron chi connectivity index (χ1n) is 7.37. The summed E-state index contributed by atoms with van der Waals surface area (Å²) in [5.41, 5.74) is -0.320. The minimum atomic E-state index is -0.324. The van der Waals surface area contributed by atoms with Gasteiger partial charge in [0.1, 0.15) is 0 Å². The van der Waals surface area contributed by atoms with Crippen LogP contribution in [-0.4, -0.2) is 54.0 Å². The molecule has 0 aromatic rings. The van der Waals surface area contributed by atoms with E-state index in [1.54, 1.807) is 0 Å². The summed E-state index contributed by atoms with van der Waals surface area (Å²) in [6.45, 7) is 4.95.